The van der Waals surface area contributed by atoms with Crippen LogP contribution in [-0.4, -0.2) is 11.1 Å². The summed E-state index contributed by atoms with van der Waals surface area (Å²) >= 11 is 0. The molecule has 0 aliphatic rings. The van der Waals surface area contributed by atoms with Gasteiger partial charge in [-0.25, -0.2) is 4.39 Å². The molecule has 0 aromatic heterocycles. The Labute approximate surface area is 86.8 Å². The number of nitrogens with two attached hydrogens (primary N) is 1. The van der Waals surface area contributed by atoms with Gasteiger partial charge in [0.05, 0.1) is 11.0 Å². The van der Waals surface area contributed by atoms with E-state index in [2.05, 4.69) is 0 Å². The summed E-state index contributed by atoms with van der Waals surface area (Å²) in [6, 6.07) is -0.662. The predicted molar refractivity (Wildman–Crippen MR) is 46.0 cm³/mol. The number of hydrogen-bond donors (Lipinski definition) is 1. The molecule has 0 saturated carbocycles. The maximum Gasteiger partial charge on any atom is 0.407 e. The van der Waals surface area contributed by atoms with Crippen molar-refractivity contribution < 1.29 is 22.5 Å². The molecule has 2 N–H and O–H groups in total. The Balaban J connectivity index is 3.13. The van der Waals surface area contributed by atoms with Crippen LogP contribution in [0.15, 0.2) is 18.2 Å². The van der Waals surface area contributed by atoms with E-state index in [1.54, 1.807) is 0 Å². The van der Waals surface area contributed by atoms with E-state index in [1.165, 1.54) is 0 Å². The van der Waals surface area contributed by atoms with Crippen molar-refractivity contribution in [1.82, 2.24) is 0 Å². The highest BCUT2D eigenvalue weighted by atomic mass is 19.4. The lowest BCUT2D eigenvalue weighted by atomic mass is 10.1. The largest absolute Gasteiger partial charge is 0.407 e. The van der Waals surface area contributed by atoms with E-state index in [-0.39, 0.29) is 0 Å². The van der Waals surface area contributed by atoms with Crippen LogP contribution in [0, 0.1) is 15.9 Å². The molecule has 0 bridgehead atoms. The lowest BCUT2D eigenvalue weighted by Gasteiger charge is -2.16. The number of alkyl halides is 3. The van der Waals surface area contributed by atoms with Gasteiger partial charge in [-0.3, -0.25) is 10.1 Å². The van der Waals surface area contributed by atoms with Crippen LogP contribution < -0.4 is 5.73 Å². The highest BCUT2D eigenvalue weighted by molar-refractivity contribution is 5.35. The van der Waals surface area contributed by atoms with Crippen LogP contribution in [0.3, 0.4) is 0 Å². The maximum absolute atomic E-state index is 13.1. The van der Waals surface area contributed by atoms with E-state index in [4.69, 9.17) is 5.73 Å². The molecule has 0 radical (unpaired) electrons. The first kappa shape index (κ1) is 12.4. The molecule has 1 aromatic carbocycles. The third kappa shape index (κ3) is 2.45. The minimum absolute atomic E-state index is 0.404. The van der Waals surface area contributed by atoms with E-state index < -0.39 is 34.2 Å². The van der Waals surface area contributed by atoms with Crippen molar-refractivity contribution in [1.29, 1.82) is 0 Å². The number of hydrogen-bond acceptors (Lipinski definition) is 3. The Hall–Kier alpha value is -1.70. The number of benzene rings is 1. The van der Waals surface area contributed by atoms with Crippen LogP contribution in [0.25, 0.3) is 0 Å². The number of nitro benzene ring substituents is 1. The first-order chi connectivity index (χ1) is 7.23. The summed E-state index contributed by atoms with van der Waals surface area (Å²) in [4.78, 5) is 9.31. The molecule has 0 aliphatic carbocycles. The molecule has 0 amide bonds. The average molecular weight is 238 g/mol. The van der Waals surface area contributed by atoms with Crippen LogP contribution >= 0.6 is 0 Å². The average Bonchev–Trinajstić information content (AvgIpc) is 2.15. The van der Waals surface area contributed by atoms with Gasteiger partial charge in [-0.2, -0.15) is 13.2 Å². The zero-order chi connectivity index (χ0) is 12.5. The van der Waals surface area contributed by atoms with Crippen molar-refractivity contribution in [2.24, 2.45) is 5.73 Å². The number of rotatable bonds is 2. The van der Waals surface area contributed by atoms with Gasteiger partial charge in [0.25, 0.3) is 5.69 Å². The highest BCUT2D eigenvalue weighted by Gasteiger charge is 2.39. The smallest absolute Gasteiger partial charge is 0.316 e. The van der Waals surface area contributed by atoms with E-state index >= 15 is 0 Å². The molecule has 16 heavy (non-hydrogen) atoms. The molecule has 8 heteroatoms. The fourth-order valence-corrected chi connectivity index (χ4v) is 1.06. The Kier molecular flexibility index (Phi) is 3.13. The SMILES string of the molecule is N[C@@H](c1ccc([N+](=O)[O-])cc1F)C(F)(F)F. The van der Waals surface area contributed by atoms with Crippen molar-refractivity contribution in [3.8, 4) is 0 Å². The van der Waals surface area contributed by atoms with Crippen molar-refractivity contribution in [3.05, 3.63) is 39.7 Å². The highest BCUT2D eigenvalue weighted by Crippen LogP contribution is 2.32. The van der Waals surface area contributed by atoms with Crippen molar-refractivity contribution >= 4 is 5.69 Å². The maximum atomic E-state index is 13.1. The number of non-ortho nitro benzene ring substituents is 1. The second-order valence-electron chi connectivity index (χ2n) is 2.98. The van der Waals surface area contributed by atoms with Crippen LogP contribution in [0.5, 0.6) is 0 Å². The van der Waals surface area contributed by atoms with Gasteiger partial charge in [0.15, 0.2) is 0 Å². The van der Waals surface area contributed by atoms with Crippen LogP contribution in [0.4, 0.5) is 23.2 Å². The van der Waals surface area contributed by atoms with E-state index in [9.17, 15) is 27.7 Å². The Morgan fingerprint density at radius 1 is 1.38 bits per heavy atom. The summed E-state index contributed by atoms with van der Waals surface area (Å²) < 4.78 is 49.6. The van der Waals surface area contributed by atoms with Gasteiger partial charge in [-0.05, 0) is 6.07 Å². The summed E-state index contributed by atoms with van der Waals surface area (Å²) in [5.41, 5.74) is 3.31. The molecule has 4 nitrogen and oxygen atoms in total. The molecule has 0 aliphatic heterocycles. The van der Waals surface area contributed by atoms with E-state index in [0.717, 1.165) is 6.07 Å². The Morgan fingerprint density at radius 3 is 2.31 bits per heavy atom. The lowest BCUT2D eigenvalue weighted by molar-refractivity contribution is -0.385. The number of nitro groups is 1. The third-order valence-electron chi connectivity index (χ3n) is 1.88. The van der Waals surface area contributed by atoms with Crippen LogP contribution in [-0.2, 0) is 0 Å². The quantitative estimate of drug-likeness (QED) is 0.488. The topological polar surface area (TPSA) is 69.2 Å². The second-order valence-corrected chi connectivity index (χ2v) is 2.98. The molecule has 0 heterocycles. The number of halogens is 4. The third-order valence-corrected chi connectivity index (χ3v) is 1.88. The molecule has 0 fully saturated rings. The van der Waals surface area contributed by atoms with E-state index in [1.807, 2.05) is 0 Å². The molecule has 88 valence electrons. The van der Waals surface area contributed by atoms with E-state index in [0.29, 0.717) is 12.1 Å². The predicted octanol–water partition coefficient (Wildman–Crippen LogP) is 2.30. The van der Waals surface area contributed by atoms with Gasteiger partial charge in [0.2, 0.25) is 0 Å². The summed E-state index contributed by atoms with van der Waals surface area (Å²) in [5.74, 6) is -1.35. The second kappa shape index (κ2) is 4.05. The molecule has 1 rings (SSSR count). The standard InChI is InChI=1S/C8H6F4N2O2/c9-6-3-4(14(15)16)1-2-5(6)7(13)8(10,11)12/h1-3,7H,13H2/t7-/m0/s1. The molecule has 1 atom stereocenters. The van der Waals surface area contributed by atoms with Crippen molar-refractivity contribution in [2.45, 2.75) is 12.2 Å². The van der Waals surface area contributed by atoms with Gasteiger partial charge in [-0.1, -0.05) is 0 Å². The summed E-state index contributed by atoms with van der Waals surface area (Å²) in [5, 5.41) is 10.2. The van der Waals surface area contributed by atoms with Gasteiger partial charge >= 0.3 is 6.18 Å². The fourth-order valence-electron chi connectivity index (χ4n) is 1.06. The summed E-state index contributed by atoms with van der Waals surface area (Å²) in [7, 11) is 0. The monoisotopic (exact) mass is 238 g/mol. The van der Waals surface area contributed by atoms with Crippen LogP contribution in [0.2, 0.25) is 0 Å². The van der Waals surface area contributed by atoms with Gasteiger partial charge in [-0.15, -0.1) is 0 Å². The fraction of sp³-hybridized carbons (Fsp3) is 0.250. The van der Waals surface area contributed by atoms with Gasteiger partial charge in [0, 0.05) is 11.6 Å². The van der Waals surface area contributed by atoms with Gasteiger partial charge < -0.3 is 5.73 Å². The van der Waals surface area contributed by atoms with Gasteiger partial charge in [0.1, 0.15) is 11.9 Å². The summed E-state index contributed by atoms with van der Waals surface area (Å²) in [6.45, 7) is 0. The molecule has 0 spiro atoms. The Bertz CT molecular complexity index is 419. The Morgan fingerprint density at radius 2 is 1.94 bits per heavy atom. The zero-order valence-corrected chi connectivity index (χ0v) is 7.66. The first-order valence-corrected chi connectivity index (χ1v) is 3.99. The minimum Gasteiger partial charge on any atom is -0.316 e. The normalized spacial score (nSPS) is 13.6. The molecule has 0 unspecified atom stereocenters. The molecular formula is C8H6F4N2O2. The minimum atomic E-state index is -4.79. The summed E-state index contributed by atoms with van der Waals surface area (Å²) in [6.07, 6.45) is -4.79. The molecule has 0 saturated heterocycles. The number of nitrogens with zero attached hydrogens (tertiary/aromatic N) is 1. The first-order valence-electron chi connectivity index (χ1n) is 3.99. The zero-order valence-electron chi connectivity index (χ0n) is 7.66. The molecule has 1 aromatic rings. The van der Waals surface area contributed by atoms with Crippen molar-refractivity contribution in [2.75, 3.05) is 0 Å². The van der Waals surface area contributed by atoms with Crippen LogP contribution in [0.1, 0.15) is 11.6 Å². The molecular weight excluding hydrogens is 232 g/mol. The van der Waals surface area contributed by atoms with Crippen molar-refractivity contribution in [3.63, 3.8) is 0 Å². The lowest BCUT2D eigenvalue weighted by Crippen LogP contribution is -2.29.